The molecule has 4 rings (SSSR count). The van der Waals surface area contributed by atoms with Crippen LogP contribution in [0.2, 0.25) is 0 Å². The molecule has 0 aliphatic carbocycles. The summed E-state index contributed by atoms with van der Waals surface area (Å²) in [5.41, 5.74) is 2.51. The van der Waals surface area contributed by atoms with E-state index in [1.54, 1.807) is 0 Å². The Labute approximate surface area is 175 Å². The third kappa shape index (κ3) is 5.71. The van der Waals surface area contributed by atoms with E-state index in [-0.39, 0.29) is 0 Å². The van der Waals surface area contributed by atoms with Gasteiger partial charge >= 0.3 is 0 Å². The molecule has 0 amide bonds. The molecule has 6 heteroatoms. The molecule has 1 atom stereocenters. The molecule has 3 saturated heterocycles. The smallest absolute Gasteiger partial charge is 0.193 e. The zero-order valence-corrected chi connectivity index (χ0v) is 17.8. The minimum atomic E-state index is 0.336. The lowest BCUT2D eigenvalue weighted by atomic mass is 10.1. The summed E-state index contributed by atoms with van der Waals surface area (Å²) in [5.74, 6) is 1.02. The number of hydrogen-bond donors (Lipinski definition) is 1. The van der Waals surface area contributed by atoms with E-state index in [2.05, 4.69) is 44.4 Å². The molecule has 3 aliphatic rings. The number of nitrogens with zero attached hydrogens (tertiary/aromatic N) is 3. The summed E-state index contributed by atoms with van der Waals surface area (Å²) in [6, 6.07) is 9.40. The highest BCUT2D eigenvalue weighted by molar-refractivity contribution is 5.80. The Hall–Kier alpha value is -1.63. The maximum Gasteiger partial charge on any atom is 0.193 e. The summed E-state index contributed by atoms with van der Waals surface area (Å²) in [6.07, 6.45) is 6.32. The summed E-state index contributed by atoms with van der Waals surface area (Å²) in [7, 11) is 1.89. The van der Waals surface area contributed by atoms with E-state index >= 15 is 0 Å². The number of rotatable bonds is 6. The molecule has 29 heavy (non-hydrogen) atoms. The van der Waals surface area contributed by atoms with E-state index in [9.17, 15) is 0 Å². The maximum absolute atomic E-state index is 6.08. The van der Waals surface area contributed by atoms with Gasteiger partial charge in [0.05, 0.1) is 12.7 Å². The van der Waals surface area contributed by atoms with Crippen LogP contribution in [0, 0.1) is 0 Å². The van der Waals surface area contributed by atoms with Crippen LogP contribution in [0.1, 0.15) is 43.2 Å². The molecule has 1 N–H and O–H groups in total. The highest BCUT2D eigenvalue weighted by atomic mass is 16.5. The molecule has 0 spiro atoms. The molecule has 0 radical (unpaired) electrons. The average molecular weight is 401 g/mol. The highest BCUT2D eigenvalue weighted by Gasteiger charge is 2.30. The second-order valence-electron chi connectivity index (χ2n) is 8.48. The Morgan fingerprint density at radius 2 is 1.93 bits per heavy atom. The van der Waals surface area contributed by atoms with Crippen molar-refractivity contribution in [3.8, 4) is 0 Å². The lowest BCUT2D eigenvalue weighted by Gasteiger charge is -2.25. The molecule has 160 valence electrons. The number of ether oxygens (including phenoxy) is 2. The van der Waals surface area contributed by atoms with Gasteiger partial charge in [-0.15, -0.1) is 0 Å². The van der Waals surface area contributed by atoms with Crippen LogP contribution in [0.25, 0.3) is 0 Å². The van der Waals surface area contributed by atoms with E-state index in [1.165, 1.54) is 43.5 Å². The monoisotopic (exact) mass is 400 g/mol. The lowest BCUT2D eigenvalue weighted by molar-refractivity contribution is -0.0390. The van der Waals surface area contributed by atoms with Crippen molar-refractivity contribution in [1.82, 2.24) is 15.1 Å². The Bertz CT molecular complexity index is 669. The van der Waals surface area contributed by atoms with Crippen molar-refractivity contribution in [3.63, 3.8) is 0 Å². The summed E-state index contributed by atoms with van der Waals surface area (Å²) in [5, 5.41) is 3.57. The average Bonchev–Trinajstić information content (AvgIpc) is 3.46. The molecule has 6 nitrogen and oxygen atoms in total. The first kappa shape index (κ1) is 20.6. The molecule has 0 bridgehead atoms. The fourth-order valence-corrected chi connectivity index (χ4v) is 4.74. The Balaban J connectivity index is 1.25. The van der Waals surface area contributed by atoms with Gasteiger partial charge in [0.1, 0.15) is 0 Å². The molecule has 3 heterocycles. The second kappa shape index (κ2) is 10.4. The first-order chi connectivity index (χ1) is 14.3. The fraction of sp³-hybridized carbons (Fsp3) is 0.696. The summed E-state index contributed by atoms with van der Waals surface area (Å²) in [6.45, 7) is 7.85. The van der Waals surface area contributed by atoms with Crippen LogP contribution in [0.15, 0.2) is 29.3 Å². The number of benzene rings is 1. The SMILES string of the molecule is CN=C(NCc1cccc(COC2CCOCC2)c1)N1CCC(N2CCCC2)C1. The van der Waals surface area contributed by atoms with Gasteiger partial charge in [0, 0.05) is 45.9 Å². The molecule has 1 aromatic carbocycles. The van der Waals surface area contributed by atoms with E-state index in [4.69, 9.17) is 9.47 Å². The van der Waals surface area contributed by atoms with Crippen molar-refractivity contribution in [2.24, 2.45) is 4.99 Å². The van der Waals surface area contributed by atoms with Gasteiger partial charge in [0.15, 0.2) is 5.96 Å². The standard InChI is InChI=1S/C23H36N4O2/c1-24-23(27-12-7-21(17-27)26-10-2-3-11-26)25-16-19-5-4-6-20(15-19)18-29-22-8-13-28-14-9-22/h4-6,15,21-22H,2-3,7-14,16-18H2,1H3,(H,24,25). The van der Waals surface area contributed by atoms with Crippen molar-refractivity contribution in [1.29, 1.82) is 0 Å². The van der Waals surface area contributed by atoms with Crippen molar-refractivity contribution >= 4 is 5.96 Å². The third-order valence-corrected chi connectivity index (χ3v) is 6.43. The molecular formula is C23H36N4O2. The molecule has 0 aromatic heterocycles. The number of likely N-dealkylation sites (tertiary alicyclic amines) is 2. The van der Waals surface area contributed by atoms with E-state index in [1.807, 2.05) is 7.05 Å². The number of nitrogens with one attached hydrogen (secondary N) is 1. The van der Waals surface area contributed by atoms with Crippen LogP contribution < -0.4 is 5.32 Å². The van der Waals surface area contributed by atoms with Gasteiger partial charge in [-0.1, -0.05) is 24.3 Å². The van der Waals surface area contributed by atoms with Crippen LogP contribution in [0.5, 0.6) is 0 Å². The number of aliphatic imine (C=N–C) groups is 1. The van der Waals surface area contributed by atoms with Crippen LogP contribution in [0.3, 0.4) is 0 Å². The Kier molecular flexibility index (Phi) is 7.41. The number of guanidine groups is 1. The van der Waals surface area contributed by atoms with Crippen LogP contribution >= 0.6 is 0 Å². The van der Waals surface area contributed by atoms with Gasteiger partial charge in [0.25, 0.3) is 0 Å². The predicted molar refractivity (Wildman–Crippen MR) is 116 cm³/mol. The normalized spacial score (nSPS) is 24.4. The number of hydrogen-bond acceptors (Lipinski definition) is 4. The Morgan fingerprint density at radius 1 is 1.14 bits per heavy atom. The van der Waals surface area contributed by atoms with Crippen LogP contribution in [-0.4, -0.2) is 74.3 Å². The molecule has 1 unspecified atom stereocenters. The lowest BCUT2D eigenvalue weighted by Crippen LogP contribution is -2.42. The zero-order chi connectivity index (χ0) is 19.9. The van der Waals surface area contributed by atoms with Gasteiger partial charge in [0.2, 0.25) is 0 Å². The second-order valence-corrected chi connectivity index (χ2v) is 8.48. The summed E-state index contributed by atoms with van der Waals surface area (Å²) >= 11 is 0. The summed E-state index contributed by atoms with van der Waals surface area (Å²) < 4.78 is 11.5. The third-order valence-electron chi connectivity index (χ3n) is 6.43. The van der Waals surface area contributed by atoms with E-state index in [0.29, 0.717) is 18.8 Å². The van der Waals surface area contributed by atoms with E-state index in [0.717, 1.165) is 51.6 Å². The maximum atomic E-state index is 6.08. The first-order valence-electron chi connectivity index (χ1n) is 11.3. The van der Waals surface area contributed by atoms with Crippen LogP contribution in [-0.2, 0) is 22.6 Å². The predicted octanol–water partition coefficient (Wildman–Crippen LogP) is 2.63. The van der Waals surface area contributed by atoms with Crippen LogP contribution in [0.4, 0.5) is 0 Å². The van der Waals surface area contributed by atoms with Crippen molar-refractivity contribution in [3.05, 3.63) is 35.4 Å². The van der Waals surface area contributed by atoms with E-state index < -0.39 is 0 Å². The van der Waals surface area contributed by atoms with Gasteiger partial charge < -0.3 is 19.7 Å². The zero-order valence-electron chi connectivity index (χ0n) is 17.8. The quantitative estimate of drug-likeness (QED) is 0.588. The topological polar surface area (TPSA) is 49.3 Å². The largest absolute Gasteiger partial charge is 0.381 e. The van der Waals surface area contributed by atoms with Gasteiger partial charge in [-0.05, 0) is 56.3 Å². The minimum Gasteiger partial charge on any atom is -0.381 e. The molecule has 1 aromatic rings. The molecule has 3 fully saturated rings. The molecular weight excluding hydrogens is 364 g/mol. The summed E-state index contributed by atoms with van der Waals surface area (Å²) in [4.78, 5) is 9.62. The van der Waals surface area contributed by atoms with Crippen molar-refractivity contribution in [2.45, 2.75) is 57.4 Å². The molecule has 0 saturated carbocycles. The van der Waals surface area contributed by atoms with Crippen molar-refractivity contribution in [2.75, 3.05) is 46.4 Å². The highest BCUT2D eigenvalue weighted by Crippen LogP contribution is 2.20. The van der Waals surface area contributed by atoms with Gasteiger partial charge in [-0.3, -0.25) is 9.89 Å². The van der Waals surface area contributed by atoms with Crippen molar-refractivity contribution < 1.29 is 9.47 Å². The van der Waals surface area contributed by atoms with Gasteiger partial charge in [-0.25, -0.2) is 0 Å². The minimum absolute atomic E-state index is 0.336. The fourth-order valence-electron chi connectivity index (χ4n) is 4.74. The first-order valence-corrected chi connectivity index (χ1v) is 11.3. The Morgan fingerprint density at radius 3 is 2.72 bits per heavy atom. The molecule has 3 aliphatic heterocycles. The van der Waals surface area contributed by atoms with Gasteiger partial charge in [-0.2, -0.15) is 0 Å².